The van der Waals surface area contributed by atoms with E-state index in [1.807, 2.05) is 30.3 Å². The second-order valence-electron chi connectivity index (χ2n) is 7.68. The molecular weight excluding hydrogens is 386 g/mol. The van der Waals surface area contributed by atoms with Crippen molar-refractivity contribution >= 4 is 23.4 Å². The number of amides is 1. The van der Waals surface area contributed by atoms with Gasteiger partial charge in [0, 0.05) is 17.3 Å². The minimum absolute atomic E-state index is 0.0833. The zero-order chi connectivity index (χ0) is 21.0. The quantitative estimate of drug-likeness (QED) is 0.565. The Labute approximate surface area is 175 Å². The number of nitrogens with one attached hydrogen (secondary N) is 1. The van der Waals surface area contributed by atoms with Crippen molar-refractivity contribution < 1.29 is 13.9 Å². The van der Waals surface area contributed by atoms with Crippen molar-refractivity contribution in [3.63, 3.8) is 0 Å². The van der Waals surface area contributed by atoms with Crippen LogP contribution in [0.2, 0.25) is 0 Å². The van der Waals surface area contributed by atoms with Crippen molar-refractivity contribution in [1.29, 1.82) is 0 Å². The number of carbonyl (C=O) groups excluding carboxylic acids is 1. The highest BCUT2D eigenvalue weighted by Crippen LogP contribution is 2.29. The first-order valence-corrected chi connectivity index (χ1v) is 10.2. The summed E-state index contributed by atoms with van der Waals surface area (Å²) in [5.41, 5.74) is 2.84. The smallest absolute Gasteiger partial charge is 0.277 e. The van der Waals surface area contributed by atoms with Gasteiger partial charge >= 0.3 is 0 Å². The summed E-state index contributed by atoms with van der Waals surface area (Å²) in [5, 5.41) is 11.0. The Balaban J connectivity index is 1.63. The second-order valence-corrected chi connectivity index (χ2v) is 8.97. The molecule has 1 amide bonds. The third-order valence-electron chi connectivity index (χ3n) is 4.39. The van der Waals surface area contributed by atoms with Crippen LogP contribution < -0.4 is 10.1 Å². The van der Waals surface area contributed by atoms with E-state index in [4.69, 9.17) is 9.15 Å². The fourth-order valence-electron chi connectivity index (χ4n) is 2.64. The van der Waals surface area contributed by atoms with Crippen LogP contribution in [0.4, 0.5) is 5.69 Å². The second kappa shape index (κ2) is 8.69. The summed E-state index contributed by atoms with van der Waals surface area (Å²) < 4.78 is 10.9. The van der Waals surface area contributed by atoms with Crippen molar-refractivity contribution in [2.45, 2.75) is 43.6 Å². The largest absolute Gasteiger partial charge is 0.497 e. The van der Waals surface area contributed by atoms with Gasteiger partial charge in [0.25, 0.3) is 5.22 Å². The fourth-order valence-corrected chi connectivity index (χ4v) is 3.32. The van der Waals surface area contributed by atoms with Gasteiger partial charge in [-0.25, -0.2) is 0 Å². The maximum Gasteiger partial charge on any atom is 0.277 e. The van der Waals surface area contributed by atoms with Gasteiger partial charge in [-0.05, 0) is 42.2 Å². The predicted molar refractivity (Wildman–Crippen MR) is 115 cm³/mol. The number of methoxy groups -OCH3 is 1. The molecule has 0 aliphatic rings. The molecule has 0 saturated carbocycles. The normalized spacial score (nSPS) is 12.4. The van der Waals surface area contributed by atoms with E-state index < -0.39 is 5.25 Å². The van der Waals surface area contributed by atoms with E-state index in [9.17, 15) is 4.79 Å². The van der Waals surface area contributed by atoms with E-state index in [2.05, 4.69) is 48.4 Å². The third-order valence-corrected chi connectivity index (χ3v) is 5.32. The number of hydrogen-bond acceptors (Lipinski definition) is 6. The molecule has 1 N–H and O–H groups in total. The first kappa shape index (κ1) is 20.9. The number of hydrogen-bond donors (Lipinski definition) is 1. The molecule has 152 valence electrons. The summed E-state index contributed by atoms with van der Waals surface area (Å²) in [7, 11) is 1.59. The summed E-state index contributed by atoms with van der Waals surface area (Å²) in [6, 6.07) is 15.3. The molecule has 0 saturated heterocycles. The molecule has 0 aliphatic carbocycles. The molecule has 1 heterocycles. The maximum absolute atomic E-state index is 12.5. The number of carbonyl (C=O) groups is 1. The molecular formula is C22H25N3O3S. The highest BCUT2D eigenvalue weighted by atomic mass is 32.2. The van der Waals surface area contributed by atoms with Crippen LogP contribution >= 0.6 is 11.8 Å². The van der Waals surface area contributed by atoms with Gasteiger partial charge in [-0.3, -0.25) is 4.79 Å². The van der Waals surface area contributed by atoms with Gasteiger partial charge < -0.3 is 14.5 Å². The van der Waals surface area contributed by atoms with Crippen LogP contribution in [0.1, 0.15) is 33.3 Å². The lowest BCUT2D eigenvalue weighted by Crippen LogP contribution is -2.22. The summed E-state index contributed by atoms with van der Waals surface area (Å²) in [5.74, 6) is 0.966. The summed E-state index contributed by atoms with van der Waals surface area (Å²) in [6.45, 7) is 8.30. The topological polar surface area (TPSA) is 77.2 Å². The molecule has 0 bridgehead atoms. The molecule has 2 aromatic carbocycles. The van der Waals surface area contributed by atoms with Gasteiger partial charge in [0.2, 0.25) is 11.8 Å². The summed E-state index contributed by atoms with van der Waals surface area (Å²) >= 11 is 1.22. The van der Waals surface area contributed by atoms with Crippen LogP contribution in [-0.4, -0.2) is 28.5 Å². The molecule has 0 aliphatic heterocycles. The number of thioether (sulfide) groups is 1. The molecule has 7 heteroatoms. The molecule has 3 aromatic rings. The number of ether oxygens (including phenoxy) is 1. The van der Waals surface area contributed by atoms with Gasteiger partial charge in [0.05, 0.1) is 12.4 Å². The monoisotopic (exact) mass is 411 g/mol. The van der Waals surface area contributed by atoms with Gasteiger partial charge in [-0.1, -0.05) is 50.7 Å². The minimum Gasteiger partial charge on any atom is -0.497 e. The highest BCUT2D eigenvalue weighted by Gasteiger charge is 2.20. The zero-order valence-electron chi connectivity index (χ0n) is 17.2. The maximum atomic E-state index is 12.5. The van der Waals surface area contributed by atoms with E-state index >= 15 is 0 Å². The molecule has 6 nitrogen and oxygen atoms in total. The molecule has 1 atom stereocenters. The standard InChI is InChI=1S/C22H25N3O3S/c1-14(19(26)23-17-7-6-8-18(13-17)27-5)29-21-25-24-20(28-21)15-9-11-16(12-10-15)22(2,3)4/h6-14H,1-5H3,(H,23,26)/t14-/m0/s1. The lowest BCUT2D eigenvalue weighted by atomic mass is 9.87. The Hall–Kier alpha value is -2.80. The number of aromatic nitrogens is 2. The molecule has 0 radical (unpaired) electrons. The van der Waals surface area contributed by atoms with Gasteiger partial charge in [-0.2, -0.15) is 0 Å². The van der Waals surface area contributed by atoms with E-state index in [1.54, 1.807) is 20.1 Å². The molecule has 0 spiro atoms. The fraction of sp³-hybridized carbons (Fsp3) is 0.318. The number of benzene rings is 2. The Bertz CT molecular complexity index is 977. The van der Waals surface area contributed by atoms with Crippen molar-refractivity contribution in [2.24, 2.45) is 0 Å². The number of anilines is 1. The van der Waals surface area contributed by atoms with E-state index in [-0.39, 0.29) is 11.3 Å². The van der Waals surface area contributed by atoms with Crippen LogP contribution in [-0.2, 0) is 10.2 Å². The van der Waals surface area contributed by atoms with Crippen LogP contribution in [0.5, 0.6) is 5.75 Å². The summed E-state index contributed by atoms with van der Waals surface area (Å²) in [4.78, 5) is 12.5. The van der Waals surface area contributed by atoms with E-state index in [1.165, 1.54) is 17.3 Å². The lowest BCUT2D eigenvalue weighted by Gasteiger charge is -2.18. The van der Waals surface area contributed by atoms with Crippen molar-refractivity contribution in [1.82, 2.24) is 10.2 Å². The van der Waals surface area contributed by atoms with Crippen molar-refractivity contribution in [3.05, 3.63) is 54.1 Å². The third kappa shape index (κ3) is 5.38. The van der Waals surface area contributed by atoms with Crippen LogP contribution in [0.15, 0.2) is 58.2 Å². The Kier molecular flexibility index (Phi) is 6.27. The van der Waals surface area contributed by atoms with Gasteiger partial charge in [0.15, 0.2) is 0 Å². The SMILES string of the molecule is COc1cccc(NC(=O)[C@H](C)Sc2nnc(-c3ccc(C(C)(C)C)cc3)o2)c1. The molecule has 1 aromatic heterocycles. The number of nitrogens with zero attached hydrogens (tertiary/aromatic N) is 2. The molecule has 29 heavy (non-hydrogen) atoms. The first-order chi connectivity index (χ1) is 13.8. The average Bonchev–Trinajstić information content (AvgIpc) is 3.16. The van der Waals surface area contributed by atoms with Crippen LogP contribution in [0, 0.1) is 0 Å². The summed E-state index contributed by atoms with van der Waals surface area (Å²) in [6.07, 6.45) is 0. The Morgan fingerprint density at radius 3 is 2.52 bits per heavy atom. The zero-order valence-corrected chi connectivity index (χ0v) is 18.0. The molecule has 0 unspecified atom stereocenters. The van der Waals surface area contributed by atoms with Gasteiger partial charge in [-0.15, -0.1) is 10.2 Å². The highest BCUT2D eigenvalue weighted by molar-refractivity contribution is 8.00. The van der Waals surface area contributed by atoms with Crippen LogP contribution in [0.3, 0.4) is 0 Å². The lowest BCUT2D eigenvalue weighted by molar-refractivity contribution is -0.115. The Morgan fingerprint density at radius 1 is 1.14 bits per heavy atom. The minimum atomic E-state index is -0.405. The Morgan fingerprint density at radius 2 is 1.86 bits per heavy atom. The average molecular weight is 412 g/mol. The van der Waals surface area contributed by atoms with E-state index in [0.717, 1.165) is 5.56 Å². The molecule has 3 rings (SSSR count). The van der Waals surface area contributed by atoms with Crippen molar-refractivity contribution in [3.8, 4) is 17.2 Å². The molecule has 0 fully saturated rings. The number of rotatable bonds is 6. The predicted octanol–water partition coefficient (Wildman–Crippen LogP) is 5.16. The van der Waals surface area contributed by atoms with E-state index in [0.29, 0.717) is 22.6 Å². The first-order valence-electron chi connectivity index (χ1n) is 9.32. The van der Waals surface area contributed by atoms with Gasteiger partial charge in [0.1, 0.15) is 5.75 Å². The van der Waals surface area contributed by atoms with Crippen molar-refractivity contribution in [2.75, 3.05) is 12.4 Å². The van der Waals surface area contributed by atoms with Crippen LogP contribution in [0.25, 0.3) is 11.5 Å².